The van der Waals surface area contributed by atoms with Gasteiger partial charge in [-0.1, -0.05) is 11.6 Å². The minimum Gasteiger partial charge on any atom is -0.465 e. The van der Waals surface area contributed by atoms with Crippen LogP contribution in [0.15, 0.2) is 6.20 Å². The molecule has 0 radical (unpaired) electrons. The molecule has 8 heteroatoms. The summed E-state index contributed by atoms with van der Waals surface area (Å²) >= 11 is 6.08. The molecule has 2 rings (SSSR count). The molecular weight excluding hydrogens is 332 g/mol. The zero-order valence-electron chi connectivity index (χ0n) is 14.5. The Labute approximate surface area is 147 Å². The molecule has 1 aliphatic rings. The Balaban J connectivity index is 1.90. The summed E-state index contributed by atoms with van der Waals surface area (Å²) in [5.41, 5.74) is 0. The van der Waals surface area contributed by atoms with Gasteiger partial charge >= 0.3 is 5.97 Å². The van der Waals surface area contributed by atoms with Gasteiger partial charge in [-0.05, 0) is 27.4 Å². The van der Waals surface area contributed by atoms with Crippen molar-refractivity contribution < 1.29 is 14.3 Å². The molecule has 1 aliphatic heterocycles. The van der Waals surface area contributed by atoms with E-state index >= 15 is 0 Å². The second kappa shape index (κ2) is 8.48. The van der Waals surface area contributed by atoms with Gasteiger partial charge in [0, 0.05) is 32.0 Å². The summed E-state index contributed by atoms with van der Waals surface area (Å²) in [6.07, 6.45) is 3.31. The molecule has 7 nitrogen and oxygen atoms in total. The van der Waals surface area contributed by atoms with Crippen molar-refractivity contribution in [1.82, 2.24) is 19.4 Å². The SMILES string of the molecule is CCOC(=O)Cn1c(Cl)cnc1CCC(=O)N1CCC(N(C)C)C1. The Morgan fingerprint density at radius 3 is 2.83 bits per heavy atom. The van der Waals surface area contributed by atoms with Crippen molar-refractivity contribution in [3.05, 3.63) is 17.2 Å². The standard InChI is InChI=1S/C16H25ClN4O3/c1-4-24-16(23)11-21-13(17)9-18-14(21)5-6-15(22)20-8-7-12(10-20)19(2)3/h9,12H,4-8,10-11H2,1-3H3. The Morgan fingerprint density at radius 2 is 2.21 bits per heavy atom. The molecule has 0 saturated carbocycles. The van der Waals surface area contributed by atoms with Crippen LogP contribution in [0, 0.1) is 0 Å². The third kappa shape index (κ3) is 4.70. The fourth-order valence-electron chi connectivity index (χ4n) is 2.86. The number of nitrogens with zero attached hydrogens (tertiary/aromatic N) is 4. The van der Waals surface area contributed by atoms with Crippen molar-refractivity contribution in [2.45, 2.75) is 38.8 Å². The number of carbonyl (C=O) groups excluding carboxylic acids is 2. The Bertz CT molecular complexity index is 588. The minimum absolute atomic E-state index is 0.0165. The van der Waals surface area contributed by atoms with Gasteiger partial charge < -0.3 is 19.1 Å². The number of imidazole rings is 1. The predicted molar refractivity (Wildman–Crippen MR) is 90.9 cm³/mol. The van der Waals surface area contributed by atoms with Crippen LogP contribution >= 0.6 is 11.6 Å². The molecule has 0 aromatic carbocycles. The highest BCUT2D eigenvalue weighted by Crippen LogP contribution is 2.17. The number of likely N-dealkylation sites (N-methyl/N-ethyl adjacent to an activating group) is 1. The van der Waals surface area contributed by atoms with Crippen LogP contribution in [0.1, 0.15) is 25.6 Å². The number of ether oxygens (including phenoxy) is 1. The van der Waals surface area contributed by atoms with E-state index in [1.807, 2.05) is 19.0 Å². The number of halogens is 1. The molecular formula is C16H25ClN4O3. The lowest BCUT2D eigenvalue weighted by Crippen LogP contribution is -2.34. The predicted octanol–water partition coefficient (Wildman–Crippen LogP) is 1.19. The highest BCUT2D eigenvalue weighted by molar-refractivity contribution is 6.29. The van der Waals surface area contributed by atoms with Gasteiger partial charge in [0.2, 0.25) is 5.91 Å². The monoisotopic (exact) mass is 356 g/mol. The maximum Gasteiger partial charge on any atom is 0.326 e. The molecule has 134 valence electrons. The van der Waals surface area contributed by atoms with E-state index in [0.717, 1.165) is 19.5 Å². The van der Waals surface area contributed by atoms with Crippen LogP contribution in [0.5, 0.6) is 0 Å². The summed E-state index contributed by atoms with van der Waals surface area (Å²) in [6, 6.07) is 0.425. The number of carbonyl (C=O) groups is 2. The first-order chi connectivity index (χ1) is 11.4. The smallest absolute Gasteiger partial charge is 0.326 e. The van der Waals surface area contributed by atoms with Gasteiger partial charge in [-0.25, -0.2) is 4.98 Å². The van der Waals surface area contributed by atoms with Crippen molar-refractivity contribution in [1.29, 1.82) is 0 Å². The molecule has 1 saturated heterocycles. The molecule has 1 unspecified atom stereocenters. The number of esters is 1. The Hall–Kier alpha value is -1.60. The van der Waals surface area contributed by atoms with E-state index in [1.165, 1.54) is 6.20 Å². The van der Waals surface area contributed by atoms with Crippen LogP contribution in [0.25, 0.3) is 0 Å². The number of likely N-dealkylation sites (tertiary alicyclic amines) is 1. The molecule has 2 heterocycles. The van der Waals surface area contributed by atoms with Crippen LogP contribution in [0.3, 0.4) is 0 Å². The van der Waals surface area contributed by atoms with Gasteiger partial charge in [0.25, 0.3) is 0 Å². The number of hydrogen-bond donors (Lipinski definition) is 0. The number of rotatable bonds is 7. The number of hydrogen-bond acceptors (Lipinski definition) is 5. The lowest BCUT2D eigenvalue weighted by Gasteiger charge is -2.20. The van der Waals surface area contributed by atoms with Crippen LogP contribution in [0.4, 0.5) is 0 Å². The summed E-state index contributed by atoms with van der Waals surface area (Å²) < 4.78 is 6.54. The van der Waals surface area contributed by atoms with Crippen molar-refractivity contribution in [3.8, 4) is 0 Å². The molecule has 0 aliphatic carbocycles. The summed E-state index contributed by atoms with van der Waals surface area (Å²) in [6.45, 7) is 3.65. The van der Waals surface area contributed by atoms with Gasteiger partial charge in [0.05, 0.1) is 12.8 Å². The summed E-state index contributed by atoms with van der Waals surface area (Å²) in [4.78, 5) is 32.3. The lowest BCUT2D eigenvalue weighted by atomic mass is 10.2. The van der Waals surface area contributed by atoms with Gasteiger partial charge in [0.15, 0.2) is 0 Å². The van der Waals surface area contributed by atoms with Crippen molar-refractivity contribution in [2.24, 2.45) is 0 Å². The van der Waals surface area contributed by atoms with Gasteiger partial charge in [-0.15, -0.1) is 0 Å². The highest BCUT2D eigenvalue weighted by Gasteiger charge is 2.27. The van der Waals surface area contributed by atoms with E-state index in [-0.39, 0.29) is 18.4 Å². The minimum atomic E-state index is -0.363. The molecule has 1 atom stereocenters. The van der Waals surface area contributed by atoms with E-state index in [9.17, 15) is 9.59 Å². The third-order valence-electron chi connectivity index (χ3n) is 4.29. The molecule has 0 N–H and O–H groups in total. The number of aromatic nitrogens is 2. The average molecular weight is 357 g/mol. The van der Waals surface area contributed by atoms with E-state index < -0.39 is 0 Å². The zero-order chi connectivity index (χ0) is 17.7. The van der Waals surface area contributed by atoms with Crippen LogP contribution in [0.2, 0.25) is 5.15 Å². The highest BCUT2D eigenvalue weighted by atomic mass is 35.5. The second-order valence-corrected chi connectivity index (χ2v) is 6.52. The fraction of sp³-hybridized carbons (Fsp3) is 0.688. The van der Waals surface area contributed by atoms with Crippen LogP contribution < -0.4 is 0 Å². The Morgan fingerprint density at radius 1 is 1.46 bits per heavy atom. The molecule has 0 bridgehead atoms. The fourth-order valence-corrected chi connectivity index (χ4v) is 3.07. The first kappa shape index (κ1) is 18.7. The van der Waals surface area contributed by atoms with Gasteiger partial charge in [0.1, 0.15) is 17.5 Å². The van der Waals surface area contributed by atoms with Crippen LogP contribution in [-0.2, 0) is 27.3 Å². The lowest BCUT2D eigenvalue weighted by molar-refractivity contribution is -0.143. The van der Waals surface area contributed by atoms with Crippen molar-refractivity contribution >= 4 is 23.5 Å². The molecule has 1 fully saturated rings. The van der Waals surface area contributed by atoms with E-state index in [2.05, 4.69) is 9.88 Å². The van der Waals surface area contributed by atoms with E-state index in [0.29, 0.717) is 36.5 Å². The largest absolute Gasteiger partial charge is 0.465 e. The van der Waals surface area contributed by atoms with Gasteiger partial charge in [-0.2, -0.15) is 0 Å². The normalized spacial score (nSPS) is 17.5. The average Bonchev–Trinajstić information content (AvgIpc) is 3.14. The van der Waals surface area contributed by atoms with Crippen molar-refractivity contribution in [2.75, 3.05) is 33.8 Å². The van der Waals surface area contributed by atoms with E-state index in [1.54, 1.807) is 11.5 Å². The zero-order valence-corrected chi connectivity index (χ0v) is 15.3. The first-order valence-corrected chi connectivity index (χ1v) is 8.59. The number of aryl methyl sites for hydroxylation is 1. The topological polar surface area (TPSA) is 67.7 Å². The van der Waals surface area contributed by atoms with Crippen molar-refractivity contribution in [3.63, 3.8) is 0 Å². The third-order valence-corrected chi connectivity index (χ3v) is 4.59. The Kier molecular flexibility index (Phi) is 6.62. The number of amides is 1. The molecule has 1 aromatic heterocycles. The molecule has 1 aromatic rings. The first-order valence-electron chi connectivity index (χ1n) is 8.22. The second-order valence-electron chi connectivity index (χ2n) is 6.13. The van der Waals surface area contributed by atoms with Gasteiger partial charge in [-0.3, -0.25) is 9.59 Å². The maximum atomic E-state index is 12.4. The summed E-state index contributed by atoms with van der Waals surface area (Å²) in [5.74, 6) is 0.379. The summed E-state index contributed by atoms with van der Waals surface area (Å²) in [5, 5.41) is 0.374. The maximum absolute atomic E-state index is 12.4. The quantitative estimate of drug-likeness (QED) is 0.687. The van der Waals surface area contributed by atoms with E-state index in [4.69, 9.17) is 16.3 Å². The summed E-state index contributed by atoms with van der Waals surface area (Å²) in [7, 11) is 4.07. The molecule has 1 amide bonds. The van der Waals surface area contributed by atoms with Crippen LogP contribution in [-0.4, -0.2) is 71.1 Å². The molecule has 24 heavy (non-hydrogen) atoms. The molecule has 0 spiro atoms.